The lowest BCUT2D eigenvalue weighted by atomic mass is 10.0. The first-order chi connectivity index (χ1) is 16.2. The molecule has 1 aromatic heterocycles. The molecule has 0 aliphatic heterocycles. The van der Waals surface area contributed by atoms with Gasteiger partial charge in [-0.3, -0.25) is 9.59 Å². The molecule has 178 valence electrons. The second-order valence-corrected chi connectivity index (χ2v) is 8.74. The Hall–Kier alpha value is -3.73. The fraction of sp³-hybridized carbons (Fsp3) is 0.261. The standard InChI is InChI=1S/C23H24FN5O4S/c1-13(2)19(26-21(31)16-9-4-5-10-17(16)24)20-27-28-23(29(20)3)34-12-18(30)25-15-8-6-7-14(11-15)22(32)33/h4-11,13,19H,12H2,1-3H3,(H,25,30)(H,26,31)(H,32,33). The van der Waals surface area contributed by atoms with E-state index in [1.54, 1.807) is 29.8 Å². The molecule has 0 aliphatic rings. The van der Waals surface area contributed by atoms with Crippen molar-refractivity contribution >= 4 is 35.2 Å². The summed E-state index contributed by atoms with van der Waals surface area (Å²) in [5.41, 5.74) is 0.383. The van der Waals surface area contributed by atoms with Gasteiger partial charge in [0.2, 0.25) is 5.91 Å². The summed E-state index contributed by atoms with van der Waals surface area (Å²) in [6.45, 7) is 3.79. The number of halogens is 1. The number of benzene rings is 2. The molecular formula is C23H24FN5O4S. The van der Waals surface area contributed by atoms with Crippen LogP contribution in [0.25, 0.3) is 0 Å². The molecule has 34 heavy (non-hydrogen) atoms. The Morgan fingerprint density at radius 1 is 1.12 bits per heavy atom. The number of nitrogens with one attached hydrogen (secondary N) is 2. The van der Waals surface area contributed by atoms with E-state index in [1.807, 2.05) is 13.8 Å². The minimum Gasteiger partial charge on any atom is -0.478 e. The van der Waals surface area contributed by atoms with Crippen LogP contribution >= 0.6 is 11.8 Å². The Morgan fingerprint density at radius 2 is 1.85 bits per heavy atom. The second kappa shape index (κ2) is 10.9. The lowest BCUT2D eigenvalue weighted by molar-refractivity contribution is -0.113. The lowest BCUT2D eigenvalue weighted by Crippen LogP contribution is -2.34. The predicted octanol–water partition coefficient (Wildman–Crippen LogP) is 3.51. The van der Waals surface area contributed by atoms with Crippen molar-refractivity contribution < 1.29 is 23.9 Å². The monoisotopic (exact) mass is 485 g/mol. The van der Waals surface area contributed by atoms with Crippen LogP contribution in [0.1, 0.15) is 46.4 Å². The molecular weight excluding hydrogens is 461 g/mol. The van der Waals surface area contributed by atoms with Crippen LogP contribution in [0, 0.1) is 11.7 Å². The van der Waals surface area contributed by atoms with Crippen molar-refractivity contribution in [1.29, 1.82) is 0 Å². The molecule has 0 aliphatic carbocycles. The largest absolute Gasteiger partial charge is 0.478 e. The Balaban J connectivity index is 1.67. The van der Waals surface area contributed by atoms with E-state index in [-0.39, 0.29) is 28.7 Å². The fourth-order valence-electron chi connectivity index (χ4n) is 3.17. The van der Waals surface area contributed by atoms with Crippen molar-refractivity contribution in [2.75, 3.05) is 11.1 Å². The van der Waals surface area contributed by atoms with Crippen LogP contribution in [0.4, 0.5) is 10.1 Å². The Kier molecular flexibility index (Phi) is 8.00. The minimum absolute atomic E-state index is 0.0111. The lowest BCUT2D eigenvalue weighted by Gasteiger charge is -2.21. The van der Waals surface area contributed by atoms with Gasteiger partial charge in [0.1, 0.15) is 5.82 Å². The maximum Gasteiger partial charge on any atom is 0.335 e. The molecule has 0 fully saturated rings. The maximum absolute atomic E-state index is 14.0. The zero-order valence-corrected chi connectivity index (χ0v) is 19.6. The molecule has 11 heteroatoms. The number of nitrogens with zero attached hydrogens (tertiary/aromatic N) is 3. The van der Waals surface area contributed by atoms with Gasteiger partial charge < -0.3 is 20.3 Å². The normalized spacial score (nSPS) is 11.8. The molecule has 3 N–H and O–H groups in total. The molecule has 1 unspecified atom stereocenters. The van der Waals surface area contributed by atoms with Gasteiger partial charge in [-0.1, -0.05) is 43.8 Å². The van der Waals surface area contributed by atoms with Gasteiger partial charge in [-0.15, -0.1) is 10.2 Å². The van der Waals surface area contributed by atoms with Crippen LogP contribution in [0.3, 0.4) is 0 Å². The summed E-state index contributed by atoms with van der Waals surface area (Å²) in [5, 5.41) is 23.3. The van der Waals surface area contributed by atoms with E-state index in [9.17, 15) is 18.8 Å². The van der Waals surface area contributed by atoms with Gasteiger partial charge >= 0.3 is 5.97 Å². The van der Waals surface area contributed by atoms with Crippen molar-refractivity contribution in [2.24, 2.45) is 13.0 Å². The highest BCUT2D eigenvalue weighted by Crippen LogP contribution is 2.25. The van der Waals surface area contributed by atoms with Gasteiger partial charge in [-0.05, 0) is 36.2 Å². The number of carboxylic acids is 1. The molecule has 0 saturated carbocycles. The zero-order chi connectivity index (χ0) is 24.8. The van der Waals surface area contributed by atoms with Crippen molar-refractivity contribution in [2.45, 2.75) is 25.0 Å². The number of hydrogen-bond donors (Lipinski definition) is 3. The van der Waals surface area contributed by atoms with E-state index in [1.165, 1.54) is 30.3 Å². The third-order valence-electron chi connectivity index (χ3n) is 4.94. The topological polar surface area (TPSA) is 126 Å². The number of aromatic nitrogens is 3. The maximum atomic E-state index is 14.0. The first-order valence-corrected chi connectivity index (χ1v) is 11.4. The molecule has 0 saturated heterocycles. The van der Waals surface area contributed by atoms with E-state index < -0.39 is 23.7 Å². The summed E-state index contributed by atoms with van der Waals surface area (Å²) in [6, 6.07) is 11.1. The number of carboxylic acid groups (broad SMARTS) is 1. The van der Waals surface area contributed by atoms with E-state index >= 15 is 0 Å². The first-order valence-electron chi connectivity index (χ1n) is 10.4. The molecule has 0 radical (unpaired) electrons. The highest BCUT2D eigenvalue weighted by Gasteiger charge is 2.26. The highest BCUT2D eigenvalue weighted by molar-refractivity contribution is 7.99. The SMILES string of the molecule is CC(C)C(NC(=O)c1ccccc1F)c1nnc(SCC(=O)Nc2cccc(C(=O)O)c2)n1C. The quantitative estimate of drug-likeness (QED) is 0.396. The number of carbonyl (C=O) groups is 3. The molecule has 1 heterocycles. The average molecular weight is 486 g/mol. The van der Waals surface area contributed by atoms with Gasteiger partial charge in [0.05, 0.1) is 22.9 Å². The van der Waals surface area contributed by atoms with Crippen molar-refractivity contribution in [1.82, 2.24) is 20.1 Å². The second-order valence-electron chi connectivity index (χ2n) is 7.80. The number of aromatic carboxylic acids is 1. The molecule has 0 spiro atoms. The van der Waals surface area contributed by atoms with E-state index in [0.717, 1.165) is 11.8 Å². The fourth-order valence-corrected chi connectivity index (χ4v) is 3.89. The molecule has 2 aromatic carbocycles. The van der Waals surface area contributed by atoms with E-state index in [2.05, 4.69) is 20.8 Å². The summed E-state index contributed by atoms with van der Waals surface area (Å²) in [4.78, 5) is 36.0. The van der Waals surface area contributed by atoms with Crippen molar-refractivity contribution in [3.05, 3.63) is 71.3 Å². The zero-order valence-electron chi connectivity index (χ0n) is 18.8. The predicted molar refractivity (Wildman–Crippen MR) is 125 cm³/mol. The number of thioether (sulfide) groups is 1. The molecule has 1 atom stereocenters. The van der Waals surface area contributed by atoms with Gasteiger partial charge in [0.25, 0.3) is 5.91 Å². The summed E-state index contributed by atoms with van der Waals surface area (Å²) in [5.74, 6) is -2.19. The number of hydrogen-bond acceptors (Lipinski definition) is 6. The van der Waals surface area contributed by atoms with Crippen molar-refractivity contribution in [3.8, 4) is 0 Å². The number of anilines is 1. The van der Waals surface area contributed by atoms with Crippen LogP contribution in [0.2, 0.25) is 0 Å². The highest BCUT2D eigenvalue weighted by atomic mass is 32.2. The molecule has 0 bridgehead atoms. The van der Waals surface area contributed by atoms with Crippen LogP contribution in [-0.2, 0) is 11.8 Å². The minimum atomic E-state index is -1.08. The smallest absolute Gasteiger partial charge is 0.335 e. The molecule has 3 rings (SSSR count). The van der Waals surface area contributed by atoms with Gasteiger partial charge in [0.15, 0.2) is 11.0 Å². The average Bonchev–Trinajstić information content (AvgIpc) is 3.16. The van der Waals surface area contributed by atoms with Gasteiger partial charge in [-0.2, -0.15) is 0 Å². The number of carbonyl (C=O) groups excluding carboxylic acids is 2. The summed E-state index contributed by atoms with van der Waals surface area (Å²) in [6.07, 6.45) is 0. The van der Waals surface area contributed by atoms with Crippen LogP contribution in [0.15, 0.2) is 53.7 Å². The number of amides is 2. The van der Waals surface area contributed by atoms with Crippen molar-refractivity contribution in [3.63, 3.8) is 0 Å². The Morgan fingerprint density at radius 3 is 2.53 bits per heavy atom. The third-order valence-corrected chi connectivity index (χ3v) is 5.96. The van der Waals surface area contributed by atoms with Gasteiger partial charge in [-0.25, -0.2) is 9.18 Å². The van der Waals surface area contributed by atoms with Crippen LogP contribution < -0.4 is 10.6 Å². The van der Waals surface area contributed by atoms with Gasteiger partial charge in [0, 0.05) is 12.7 Å². The van der Waals surface area contributed by atoms with Crippen LogP contribution in [0.5, 0.6) is 0 Å². The third kappa shape index (κ3) is 5.98. The summed E-state index contributed by atoms with van der Waals surface area (Å²) >= 11 is 1.14. The Labute approximate surface area is 199 Å². The molecule has 3 aromatic rings. The van der Waals surface area contributed by atoms with E-state index in [4.69, 9.17) is 5.11 Å². The summed E-state index contributed by atoms with van der Waals surface area (Å²) in [7, 11) is 1.72. The first kappa shape index (κ1) is 24.9. The molecule has 2 amide bonds. The Bertz CT molecular complexity index is 1210. The summed E-state index contributed by atoms with van der Waals surface area (Å²) < 4.78 is 15.7. The number of rotatable bonds is 9. The van der Waals surface area contributed by atoms with E-state index in [0.29, 0.717) is 16.7 Å². The molecule has 9 nitrogen and oxygen atoms in total. The van der Waals surface area contributed by atoms with Crippen LogP contribution in [-0.4, -0.2) is 43.4 Å².